The molecule has 0 aliphatic rings. The van der Waals surface area contributed by atoms with Crippen LogP contribution >= 0.6 is 0 Å². The zero-order valence-electron chi connectivity index (χ0n) is 9.17. The molecule has 1 aromatic rings. The maximum absolute atomic E-state index is 11.8. The lowest BCUT2D eigenvalue weighted by atomic mass is 10.3. The summed E-state index contributed by atoms with van der Waals surface area (Å²) in [5.74, 6) is -0.00284. The molecule has 4 nitrogen and oxygen atoms in total. The van der Waals surface area contributed by atoms with Crippen LogP contribution in [-0.4, -0.2) is 27.5 Å². The second-order valence-corrected chi connectivity index (χ2v) is 5.55. The highest BCUT2D eigenvalue weighted by atomic mass is 32.2. The van der Waals surface area contributed by atoms with Gasteiger partial charge in [0.25, 0.3) is 0 Å². The Morgan fingerprint density at radius 2 is 1.88 bits per heavy atom. The normalized spacial score (nSPS) is 11.1. The molecule has 0 atom stereocenters. The highest BCUT2D eigenvalue weighted by Crippen LogP contribution is 2.15. The lowest BCUT2D eigenvalue weighted by molar-refractivity contribution is -0.107. The van der Waals surface area contributed by atoms with Gasteiger partial charge in [0.15, 0.2) is 0 Å². The summed E-state index contributed by atoms with van der Waals surface area (Å²) in [6.07, 6.45) is 1.38. The molecule has 0 N–H and O–H groups in total. The van der Waals surface area contributed by atoms with E-state index in [0.717, 1.165) is 6.29 Å². The SMILES string of the molecule is CN(c1ccccc1)S(=O)(=O)CCCC=O. The van der Waals surface area contributed by atoms with Crippen LogP contribution in [0.3, 0.4) is 0 Å². The summed E-state index contributed by atoms with van der Waals surface area (Å²) in [5.41, 5.74) is 0.633. The second-order valence-electron chi connectivity index (χ2n) is 3.43. The van der Waals surface area contributed by atoms with Crippen LogP contribution in [0.15, 0.2) is 30.3 Å². The number of unbranched alkanes of at least 4 members (excludes halogenated alkanes) is 1. The van der Waals surface area contributed by atoms with Crippen LogP contribution in [0.25, 0.3) is 0 Å². The van der Waals surface area contributed by atoms with Crippen LogP contribution in [-0.2, 0) is 14.8 Å². The van der Waals surface area contributed by atoms with E-state index >= 15 is 0 Å². The van der Waals surface area contributed by atoms with Gasteiger partial charge in [-0.05, 0) is 18.6 Å². The summed E-state index contributed by atoms with van der Waals surface area (Å²) in [6, 6.07) is 8.87. The van der Waals surface area contributed by atoms with Gasteiger partial charge in [0, 0.05) is 13.5 Å². The monoisotopic (exact) mass is 241 g/mol. The Bertz CT molecular complexity index is 428. The minimum absolute atomic E-state index is 0.00284. The fourth-order valence-corrected chi connectivity index (χ4v) is 2.53. The van der Waals surface area contributed by atoms with E-state index in [-0.39, 0.29) is 12.2 Å². The average molecular weight is 241 g/mol. The van der Waals surface area contributed by atoms with Crippen molar-refractivity contribution in [2.24, 2.45) is 0 Å². The van der Waals surface area contributed by atoms with Gasteiger partial charge in [-0.15, -0.1) is 0 Å². The van der Waals surface area contributed by atoms with Crippen molar-refractivity contribution in [3.63, 3.8) is 0 Å². The molecular weight excluding hydrogens is 226 g/mol. The highest BCUT2D eigenvalue weighted by molar-refractivity contribution is 7.92. The largest absolute Gasteiger partial charge is 0.303 e. The third kappa shape index (κ3) is 3.34. The van der Waals surface area contributed by atoms with E-state index in [2.05, 4.69) is 0 Å². The standard InChI is InChI=1S/C11H15NO3S/c1-12(11-7-3-2-4-8-11)16(14,15)10-6-5-9-13/h2-4,7-9H,5-6,10H2,1H3. The van der Waals surface area contributed by atoms with Gasteiger partial charge in [0.05, 0.1) is 11.4 Å². The first-order chi connectivity index (χ1) is 7.58. The Hall–Kier alpha value is -1.36. The molecule has 1 aromatic carbocycles. The van der Waals surface area contributed by atoms with E-state index in [4.69, 9.17) is 0 Å². The van der Waals surface area contributed by atoms with E-state index in [9.17, 15) is 13.2 Å². The molecule has 0 aromatic heterocycles. The van der Waals surface area contributed by atoms with Crippen LogP contribution in [0.5, 0.6) is 0 Å². The first-order valence-electron chi connectivity index (χ1n) is 5.03. The number of carbonyl (C=O) groups excluding carboxylic acids is 1. The fourth-order valence-electron chi connectivity index (χ4n) is 1.28. The molecule has 1 rings (SSSR count). The van der Waals surface area contributed by atoms with Crippen molar-refractivity contribution in [3.05, 3.63) is 30.3 Å². The third-order valence-corrected chi connectivity index (χ3v) is 4.11. The smallest absolute Gasteiger partial charge is 0.234 e. The number of para-hydroxylation sites is 1. The molecule has 0 unspecified atom stereocenters. The number of anilines is 1. The Kier molecular flexibility index (Phi) is 4.49. The molecule has 0 fully saturated rings. The van der Waals surface area contributed by atoms with Crippen molar-refractivity contribution in [3.8, 4) is 0 Å². The van der Waals surface area contributed by atoms with Gasteiger partial charge >= 0.3 is 0 Å². The first-order valence-corrected chi connectivity index (χ1v) is 6.64. The first kappa shape index (κ1) is 12.7. The summed E-state index contributed by atoms with van der Waals surface area (Å²) >= 11 is 0. The molecule has 0 saturated carbocycles. The van der Waals surface area contributed by atoms with Gasteiger partial charge in [0.1, 0.15) is 6.29 Å². The summed E-state index contributed by atoms with van der Waals surface area (Å²) in [7, 11) is -1.79. The zero-order chi connectivity index (χ0) is 12.0. The predicted molar refractivity (Wildman–Crippen MR) is 63.9 cm³/mol. The van der Waals surface area contributed by atoms with Crippen LogP contribution in [0.1, 0.15) is 12.8 Å². The molecule has 0 bridgehead atoms. The summed E-state index contributed by atoms with van der Waals surface area (Å²) in [6.45, 7) is 0. The number of rotatable bonds is 6. The molecule has 0 amide bonds. The van der Waals surface area contributed by atoms with Gasteiger partial charge in [-0.3, -0.25) is 4.31 Å². The lowest BCUT2D eigenvalue weighted by Gasteiger charge is -2.18. The predicted octanol–water partition coefficient (Wildman–Crippen LogP) is 1.43. The number of benzene rings is 1. The number of aldehydes is 1. The van der Waals surface area contributed by atoms with Crippen molar-refractivity contribution in [2.75, 3.05) is 17.1 Å². The van der Waals surface area contributed by atoms with Crippen LogP contribution in [0.4, 0.5) is 5.69 Å². The van der Waals surface area contributed by atoms with E-state index in [1.54, 1.807) is 24.3 Å². The molecule has 0 aliphatic carbocycles. The van der Waals surface area contributed by atoms with Crippen molar-refractivity contribution in [2.45, 2.75) is 12.8 Å². The third-order valence-electron chi connectivity index (χ3n) is 2.26. The molecule has 0 heterocycles. The van der Waals surface area contributed by atoms with Crippen molar-refractivity contribution in [1.82, 2.24) is 0 Å². The second kappa shape index (κ2) is 5.65. The molecule has 0 radical (unpaired) electrons. The quantitative estimate of drug-likeness (QED) is 0.559. The van der Waals surface area contributed by atoms with Gasteiger partial charge in [0.2, 0.25) is 10.0 Å². The molecule has 88 valence electrons. The Balaban J connectivity index is 2.73. The van der Waals surface area contributed by atoms with Crippen LogP contribution < -0.4 is 4.31 Å². The van der Waals surface area contributed by atoms with Gasteiger partial charge in [-0.2, -0.15) is 0 Å². The van der Waals surface area contributed by atoms with E-state index in [1.807, 2.05) is 6.07 Å². The van der Waals surface area contributed by atoms with E-state index < -0.39 is 10.0 Å². The summed E-state index contributed by atoms with van der Waals surface area (Å²) in [5, 5.41) is 0. The number of carbonyl (C=O) groups is 1. The summed E-state index contributed by atoms with van der Waals surface area (Å²) in [4.78, 5) is 10.1. The molecule has 0 spiro atoms. The fraction of sp³-hybridized carbons (Fsp3) is 0.364. The van der Waals surface area contributed by atoms with E-state index in [1.165, 1.54) is 11.4 Å². The molecular formula is C11H15NO3S. The summed E-state index contributed by atoms with van der Waals surface area (Å²) < 4.78 is 24.9. The van der Waals surface area contributed by atoms with Gasteiger partial charge in [-0.25, -0.2) is 8.42 Å². The zero-order valence-corrected chi connectivity index (χ0v) is 9.98. The minimum Gasteiger partial charge on any atom is -0.303 e. The maximum atomic E-state index is 11.8. The molecule has 5 heteroatoms. The van der Waals surface area contributed by atoms with Crippen LogP contribution in [0.2, 0.25) is 0 Å². The number of nitrogens with zero attached hydrogens (tertiary/aromatic N) is 1. The van der Waals surface area contributed by atoms with Gasteiger partial charge < -0.3 is 4.79 Å². The molecule has 0 aliphatic heterocycles. The van der Waals surface area contributed by atoms with Crippen molar-refractivity contribution >= 4 is 22.0 Å². The lowest BCUT2D eigenvalue weighted by Crippen LogP contribution is -2.28. The minimum atomic E-state index is -3.31. The number of hydrogen-bond acceptors (Lipinski definition) is 3. The Labute approximate surface area is 95.9 Å². The maximum Gasteiger partial charge on any atom is 0.234 e. The number of hydrogen-bond donors (Lipinski definition) is 0. The highest BCUT2D eigenvalue weighted by Gasteiger charge is 2.17. The van der Waals surface area contributed by atoms with Crippen LogP contribution in [0, 0.1) is 0 Å². The molecule has 0 saturated heterocycles. The van der Waals surface area contributed by atoms with Gasteiger partial charge in [-0.1, -0.05) is 18.2 Å². The van der Waals surface area contributed by atoms with E-state index in [0.29, 0.717) is 12.1 Å². The Morgan fingerprint density at radius 1 is 1.25 bits per heavy atom. The molecule has 16 heavy (non-hydrogen) atoms. The average Bonchev–Trinajstić information content (AvgIpc) is 2.29. The topological polar surface area (TPSA) is 54.5 Å². The number of sulfonamides is 1. The van der Waals surface area contributed by atoms with Crippen molar-refractivity contribution < 1.29 is 13.2 Å². The van der Waals surface area contributed by atoms with Crippen molar-refractivity contribution in [1.29, 1.82) is 0 Å². The Morgan fingerprint density at radius 3 is 2.44 bits per heavy atom.